The minimum atomic E-state index is 0. The quantitative estimate of drug-likeness (QED) is 0.252. The van der Waals surface area contributed by atoms with Crippen LogP contribution in [0.2, 0.25) is 0 Å². The van der Waals surface area contributed by atoms with E-state index in [1.165, 1.54) is 10.8 Å². The molecule has 0 amide bonds. The van der Waals surface area contributed by atoms with Gasteiger partial charge in [0.2, 0.25) is 0 Å². The normalized spacial score (nSPS) is 2.00. The van der Waals surface area contributed by atoms with Gasteiger partial charge in [-0.1, -0.05) is 10.8 Å². The smallest absolute Gasteiger partial charge is 0.696 e. The van der Waals surface area contributed by atoms with Crippen molar-refractivity contribution in [3.63, 3.8) is 0 Å². The molecule has 0 N–H and O–H groups in total. The Labute approximate surface area is 57.2 Å². The number of nitrogens with zero attached hydrogens (tertiary/aromatic N) is 2. The molecule has 0 unspecified atom stereocenters. The van der Waals surface area contributed by atoms with Gasteiger partial charge in [0, 0.05) is 0 Å². The maximum absolute atomic E-state index is 7.13. The topological polar surface area (TPSA) is 47.6 Å². The van der Waals surface area contributed by atoms with Crippen molar-refractivity contribution < 1.29 is 0 Å². The second-order valence-electron chi connectivity index (χ2n) is 0.183. The van der Waals surface area contributed by atoms with Crippen molar-refractivity contribution in [1.82, 2.24) is 0 Å². The summed E-state index contributed by atoms with van der Waals surface area (Å²) in [5.41, 5.74) is 0. The molecule has 0 heterocycles. The van der Waals surface area contributed by atoms with Crippen LogP contribution in [-0.2, 0) is 25.3 Å². The molecule has 32 valence electrons. The Morgan fingerprint density at radius 3 is 1.00 bits per heavy atom. The number of hydrogen-bond acceptors (Lipinski definition) is 4. The average molecular weight is 125 g/mol. The number of thiocyanates is 2. The van der Waals surface area contributed by atoms with Crippen molar-refractivity contribution in [2.75, 3.05) is 0 Å². The van der Waals surface area contributed by atoms with Gasteiger partial charge in [-0.3, -0.25) is 0 Å². The molecule has 0 radical (unpaired) electrons. The molecule has 0 aromatic rings. The predicted molar refractivity (Wildman–Crippen MR) is 31.7 cm³/mol. The summed E-state index contributed by atoms with van der Waals surface area (Å²) in [6.07, 6.45) is 0. The van der Waals surface area contributed by atoms with E-state index in [2.05, 4.69) is 25.3 Å². The minimum Gasteiger partial charge on any atom is -0.696 e. The van der Waals surface area contributed by atoms with Gasteiger partial charge in [-0.15, -0.1) is 0 Å². The summed E-state index contributed by atoms with van der Waals surface area (Å²) in [5.74, 6) is 0. The molecule has 0 saturated heterocycles. The van der Waals surface area contributed by atoms with Gasteiger partial charge < -0.3 is 25.3 Å². The Balaban J connectivity index is -0.0000000400. The zero-order valence-electron chi connectivity index (χ0n) is 3.42. The van der Waals surface area contributed by atoms with E-state index in [4.69, 9.17) is 10.5 Å². The molecule has 0 aromatic heterocycles. The summed E-state index contributed by atoms with van der Waals surface area (Å²) < 4.78 is 0. The molecule has 2 nitrogen and oxygen atoms in total. The fourth-order valence-corrected chi connectivity index (χ4v) is 0. The first-order chi connectivity index (χ1) is 2.83. The van der Waals surface area contributed by atoms with Crippen molar-refractivity contribution in [3.05, 3.63) is 0 Å². The van der Waals surface area contributed by atoms with Crippen LogP contribution in [0.4, 0.5) is 0 Å². The van der Waals surface area contributed by atoms with Crippen LogP contribution in [-0.4, -0.2) is 10.1 Å². The van der Waals surface area contributed by atoms with Crippen molar-refractivity contribution in [1.29, 1.82) is 10.5 Å². The summed E-state index contributed by atoms with van der Waals surface area (Å²) in [6.45, 7) is 0. The largest absolute Gasteiger partial charge is 2.00 e. The molecule has 0 rings (SSSR count). The zero-order valence-corrected chi connectivity index (χ0v) is 5.05. The van der Waals surface area contributed by atoms with Gasteiger partial charge in [-0.25, -0.2) is 10.5 Å². The van der Waals surface area contributed by atoms with Crippen LogP contribution < -0.4 is 0 Å². The summed E-state index contributed by atoms with van der Waals surface area (Å²) in [7, 11) is 0. The SMILES string of the molecule is N#C[S-].N#C[S-].[Be+2]. The molecule has 0 aliphatic rings. The van der Waals surface area contributed by atoms with Crippen molar-refractivity contribution >= 4 is 35.4 Å². The third kappa shape index (κ3) is 426. The van der Waals surface area contributed by atoms with Crippen LogP contribution in [0.1, 0.15) is 0 Å². The molecule has 0 aliphatic carbocycles. The molecule has 5 heteroatoms. The Morgan fingerprint density at radius 2 is 1.00 bits per heavy atom. The summed E-state index contributed by atoms with van der Waals surface area (Å²) >= 11 is 7.40. The first kappa shape index (κ1) is 16.0. The van der Waals surface area contributed by atoms with Gasteiger partial charge >= 0.3 is 10.1 Å². The summed E-state index contributed by atoms with van der Waals surface area (Å²) in [4.78, 5) is 0. The monoisotopic (exact) mass is 125 g/mol. The summed E-state index contributed by atoms with van der Waals surface area (Å²) in [5, 5.41) is 16.9. The van der Waals surface area contributed by atoms with Crippen LogP contribution in [0.15, 0.2) is 0 Å². The van der Waals surface area contributed by atoms with Gasteiger partial charge in [0.05, 0.1) is 0 Å². The van der Waals surface area contributed by atoms with Gasteiger partial charge in [-0.05, 0) is 0 Å². The number of hydrogen-bond donors (Lipinski definition) is 0. The standard InChI is InChI=1S/2CHNS.Be/c2*2-1-3;/h2*3H;/q;;+2/p-2. The van der Waals surface area contributed by atoms with E-state index >= 15 is 0 Å². The Bertz CT molecular complexity index is 68.7. The molecular formula is C2BeN2S2. The molecule has 0 spiro atoms. The molecule has 0 aliphatic heterocycles. The van der Waals surface area contributed by atoms with E-state index in [1.807, 2.05) is 0 Å². The molecular weight excluding hydrogens is 125 g/mol. The second-order valence-corrected chi connectivity index (χ2v) is 0.548. The molecule has 7 heavy (non-hydrogen) atoms. The zero-order chi connectivity index (χ0) is 5.41. The van der Waals surface area contributed by atoms with E-state index in [1.54, 1.807) is 0 Å². The third-order valence-electron chi connectivity index (χ3n) is 0. The molecule has 0 saturated carbocycles. The van der Waals surface area contributed by atoms with Crippen molar-refractivity contribution in [3.8, 4) is 10.8 Å². The van der Waals surface area contributed by atoms with Gasteiger partial charge in [0.15, 0.2) is 0 Å². The van der Waals surface area contributed by atoms with Crippen molar-refractivity contribution in [2.24, 2.45) is 0 Å². The fourth-order valence-electron chi connectivity index (χ4n) is 0. The average Bonchev–Trinajstić information content (AvgIpc) is 1.39. The molecule has 0 fully saturated rings. The van der Waals surface area contributed by atoms with E-state index in [-0.39, 0.29) is 10.1 Å². The Morgan fingerprint density at radius 1 is 1.00 bits per heavy atom. The van der Waals surface area contributed by atoms with Crippen LogP contribution in [0, 0.1) is 21.3 Å². The summed E-state index contributed by atoms with van der Waals surface area (Å²) in [6, 6.07) is 0. The molecule has 0 bridgehead atoms. The first-order valence-electron chi connectivity index (χ1n) is 0.855. The fraction of sp³-hybridized carbons (Fsp3) is 0. The van der Waals surface area contributed by atoms with E-state index in [9.17, 15) is 0 Å². The Kier molecular flexibility index (Phi) is 106. The van der Waals surface area contributed by atoms with E-state index in [0.29, 0.717) is 0 Å². The maximum Gasteiger partial charge on any atom is 2.00 e. The van der Waals surface area contributed by atoms with E-state index < -0.39 is 0 Å². The Hall–Kier alpha value is -0.411. The third-order valence-corrected chi connectivity index (χ3v) is 0. The maximum atomic E-state index is 7.13. The van der Waals surface area contributed by atoms with Gasteiger partial charge in [-0.2, -0.15) is 0 Å². The van der Waals surface area contributed by atoms with Crippen LogP contribution in [0.25, 0.3) is 0 Å². The number of rotatable bonds is 0. The van der Waals surface area contributed by atoms with Crippen LogP contribution >= 0.6 is 0 Å². The molecule has 0 aromatic carbocycles. The number of nitriles is 2. The predicted octanol–water partition coefficient (Wildman–Crippen LogP) is -0.352. The van der Waals surface area contributed by atoms with Crippen LogP contribution in [0.5, 0.6) is 0 Å². The van der Waals surface area contributed by atoms with E-state index in [0.717, 1.165) is 0 Å². The van der Waals surface area contributed by atoms with Gasteiger partial charge in [0.25, 0.3) is 0 Å². The van der Waals surface area contributed by atoms with Crippen LogP contribution in [0.3, 0.4) is 0 Å². The molecule has 0 atom stereocenters. The second kappa shape index (κ2) is 46.6. The van der Waals surface area contributed by atoms with Crippen molar-refractivity contribution in [2.45, 2.75) is 0 Å². The van der Waals surface area contributed by atoms with Gasteiger partial charge in [0.1, 0.15) is 0 Å². The minimum absolute atomic E-state index is 0. The first-order valence-corrected chi connectivity index (χ1v) is 1.67.